The normalized spacial score (nSPS) is 10.2. The molecule has 0 radical (unpaired) electrons. The number of halogens is 1. The number of hydrogen-bond acceptors (Lipinski definition) is 2. The molecule has 0 bridgehead atoms. The first-order valence-electron chi connectivity index (χ1n) is 5.78. The lowest BCUT2D eigenvalue weighted by Crippen LogP contribution is -2.05. The van der Waals surface area contributed by atoms with Crippen LogP contribution in [0.4, 0.5) is 4.39 Å². The molecule has 0 amide bonds. The molecular formula is C15H13FO3. The first-order valence-corrected chi connectivity index (χ1v) is 5.78. The predicted molar refractivity (Wildman–Crippen MR) is 68.9 cm³/mol. The molecule has 1 N–H and O–H groups in total. The number of rotatable bonds is 4. The fraction of sp³-hybridized carbons (Fsp3) is 0.133. The molecule has 0 atom stereocenters. The van der Waals surface area contributed by atoms with E-state index in [0.717, 1.165) is 0 Å². The summed E-state index contributed by atoms with van der Waals surface area (Å²) in [6.07, 6.45) is 0. The van der Waals surface area contributed by atoms with Gasteiger partial charge >= 0.3 is 5.97 Å². The van der Waals surface area contributed by atoms with Crippen molar-refractivity contribution in [1.29, 1.82) is 0 Å². The summed E-state index contributed by atoms with van der Waals surface area (Å²) in [6.45, 7) is 1.75. The van der Waals surface area contributed by atoms with Crippen LogP contribution in [0.1, 0.15) is 21.5 Å². The maximum absolute atomic E-state index is 13.3. The van der Waals surface area contributed by atoms with Gasteiger partial charge in [0.25, 0.3) is 0 Å². The molecule has 0 spiro atoms. The van der Waals surface area contributed by atoms with Crippen molar-refractivity contribution in [2.45, 2.75) is 13.5 Å². The van der Waals surface area contributed by atoms with Crippen molar-refractivity contribution in [2.75, 3.05) is 0 Å². The quantitative estimate of drug-likeness (QED) is 0.916. The lowest BCUT2D eigenvalue weighted by molar-refractivity contribution is 0.0694. The fourth-order valence-corrected chi connectivity index (χ4v) is 1.68. The van der Waals surface area contributed by atoms with Crippen LogP contribution in [0.15, 0.2) is 42.5 Å². The van der Waals surface area contributed by atoms with Crippen LogP contribution in [-0.4, -0.2) is 11.1 Å². The number of carboxylic acid groups (broad SMARTS) is 1. The maximum atomic E-state index is 13.3. The van der Waals surface area contributed by atoms with Crippen LogP contribution in [0.2, 0.25) is 0 Å². The highest BCUT2D eigenvalue weighted by atomic mass is 19.1. The summed E-state index contributed by atoms with van der Waals surface area (Å²) in [5.74, 6) is -0.971. The zero-order chi connectivity index (χ0) is 13.8. The van der Waals surface area contributed by atoms with Gasteiger partial charge in [-0.2, -0.15) is 0 Å². The van der Waals surface area contributed by atoms with Crippen LogP contribution in [0.3, 0.4) is 0 Å². The van der Waals surface area contributed by atoms with Gasteiger partial charge in [0.05, 0.1) is 5.56 Å². The van der Waals surface area contributed by atoms with Gasteiger partial charge in [-0.15, -0.1) is 0 Å². The summed E-state index contributed by atoms with van der Waals surface area (Å²) in [5.41, 5.74) is 1.28. The molecule has 0 aromatic heterocycles. The molecule has 0 aliphatic carbocycles. The van der Waals surface area contributed by atoms with Crippen LogP contribution in [0.25, 0.3) is 0 Å². The summed E-state index contributed by atoms with van der Waals surface area (Å²) in [4.78, 5) is 11.0. The molecule has 0 aliphatic rings. The minimum Gasteiger partial charge on any atom is -0.489 e. The third-order valence-electron chi connectivity index (χ3n) is 2.79. The van der Waals surface area contributed by atoms with Gasteiger partial charge in [0, 0.05) is 11.6 Å². The van der Waals surface area contributed by atoms with Crippen LogP contribution in [0.5, 0.6) is 5.75 Å². The first-order chi connectivity index (χ1) is 9.08. The third-order valence-corrected chi connectivity index (χ3v) is 2.79. The molecule has 0 aliphatic heterocycles. The van der Waals surface area contributed by atoms with E-state index in [-0.39, 0.29) is 18.0 Å². The summed E-state index contributed by atoms with van der Waals surface area (Å²) < 4.78 is 18.8. The summed E-state index contributed by atoms with van der Waals surface area (Å²) in [7, 11) is 0. The van der Waals surface area contributed by atoms with Crippen LogP contribution < -0.4 is 4.74 Å². The number of ether oxygens (including phenoxy) is 1. The number of benzene rings is 2. The highest BCUT2D eigenvalue weighted by molar-refractivity contribution is 5.89. The van der Waals surface area contributed by atoms with E-state index < -0.39 is 5.97 Å². The van der Waals surface area contributed by atoms with Crippen molar-refractivity contribution in [3.05, 3.63) is 65.0 Å². The predicted octanol–water partition coefficient (Wildman–Crippen LogP) is 3.41. The Morgan fingerprint density at radius 3 is 2.68 bits per heavy atom. The topological polar surface area (TPSA) is 46.5 Å². The Bertz CT molecular complexity index is 608. The number of carboxylic acids is 1. The molecule has 0 unspecified atom stereocenters. The number of aryl methyl sites for hydroxylation is 1. The molecule has 2 aromatic carbocycles. The Balaban J connectivity index is 2.14. The van der Waals surface area contributed by atoms with E-state index in [9.17, 15) is 9.18 Å². The molecule has 3 nitrogen and oxygen atoms in total. The van der Waals surface area contributed by atoms with Gasteiger partial charge in [-0.25, -0.2) is 9.18 Å². The van der Waals surface area contributed by atoms with E-state index in [4.69, 9.17) is 9.84 Å². The summed E-state index contributed by atoms with van der Waals surface area (Å²) >= 11 is 0. The van der Waals surface area contributed by atoms with E-state index in [1.54, 1.807) is 37.3 Å². The minimum atomic E-state index is -1.01. The molecule has 98 valence electrons. The van der Waals surface area contributed by atoms with Gasteiger partial charge in [-0.1, -0.05) is 24.3 Å². The second-order valence-electron chi connectivity index (χ2n) is 4.16. The lowest BCUT2D eigenvalue weighted by Gasteiger charge is -2.09. The Labute approximate surface area is 110 Å². The van der Waals surface area contributed by atoms with E-state index in [2.05, 4.69) is 0 Å². The Morgan fingerprint density at radius 1 is 1.26 bits per heavy atom. The van der Waals surface area contributed by atoms with Gasteiger partial charge in [0.15, 0.2) is 0 Å². The first kappa shape index (κ1) is 13.1. The molecule has 2 aromatic rings. The van der Waals surface area contributed by atoms with Crippen molar-refractivity contribution in [1.82, 2.24) is 0 Å². The van der Waals surface area contributed by atoms with E-state index in [1.165, 1.54) is 12.1 Å². The van der Waals surface area contributed by atoms with Crippen molar-refractivity contribution in [3.63, 3.8) is 0 Å². The standard InChI is InChI=1S/C15H13FO3/c1-10-6-7-12(8-14(10)16)19-9-11-4-2-3-5-13(11)15(17)18/h2-8H,9H2,1H3,(H,17,18). The van der Waals surface area contributed by atoms with Gasteiger partial charge in [0.2, 0.25) is 0 Å². The minimum absolute atomic E-state index is 0.0883. The van der Waals surface area contributed by atoms with Crippen molar-refractivity contribution >= 4 is 5.97 Å². The highest BCUT2D eigenvalue weighted by Gasteiger charge is 2.09. The van der Waals surface area contributed by atoms with Crippen molar-refractivity contribution in [2.24, 2.45) is 0 Å². The van der Waals surface area contributed by atoms with Crippen molar-refractivity contribution in [3.8, 4) is 5.75 Å². The van der Waals surface area contributed by atoms with Gasteiger partial charge in [-0.05, 0) is 24.6 Å². The second-order valence-corrected chi connectivity index (χ2v) is 4.16. The van der Waals surface area contributed by atoms with Crippen LogP contribution >= 0.6 is 0 Å². The van der Waals surface area contributed by atoms with Gasteiger partial charge in [0.1, 0.15) is 18.2 Å². The zero-order valence-electron chi connectivity index (χ0n) is 10.4. The molecule has 0 fully saturated rings. The maximum Gasteiger partial charge on any atom is 0.336 e. The van der Waals surface area contributed by atoms with Crippen LogP contribution in [0, 0.1) is 12.7 Å². The van der Waals surface area contributed by atoms with Gasteiger partial charge < -0.3 is 9.84 Å². The van der Waals surface area contributed by atoms with Gasteiger partial charge in [-0.3, -0.25) is 0 Å². The molecule has 0 heterocycles. The molecule has 19 heavy (non-hydrogen) atoms. The largest absolute Gasteiger partial charge is 0.489 e. The average Bonchev–Trinajstić information content (AvgIpc) is 2.40. The highest BCUT2D eigenvalue weighted by Crippen LogP contribution is 2.18. The summed E-state index contributed by atoms with van der Waals surface area (Å²) in [6, 6.07) is 11.1. The fourth-order valence-electron chi connectivity index (χ4n) is 1.68. The van der Waals surface area contributed by atoms with E-state index >= 15 is 0 Å². The average molecular weight is 260 g/mol. The smallest absolute Gasteiger partial charge is 0.336 e. The summed E-state index contributed by atoms with van der Waals surface area (Å²) in [5, 5.41) is 9.03. The monoisotopic (exact) mass is 260 g/mol. The molecule has 0 saturated carbocycles. The Hall–Kier alpha value is -2.36. The molecule has 4 heteroatoms. The van der Waals surface area contributed by atoms with E-state index in [1.807, 2.05) is 0 Å². The molecule has 2 rings (SSSR count). The zero-order valence-corrected chi connectivity index (χ0v) is 10.4. The SMILES string of the molecule is Cc1ccc(OCc2ccccc2C(=O)O)cc1F. The second kappa shape index (κ2) is 5.52. The lowest BCUT2D eigenvalue weighted by atomic mass is 10.1. The molecular weight excluding hydrogens is 247 g/mol. The Kier molecular flexibility index (Phi) is 3.80. The third kappa shape index (κ3) is 3.10. The Morgan fingerprint density at radius 2 is 2.00 bits per heavy atom. The number of aromatic carboxylic acids is 1. The van der Waals surface area contributed by atoms with Crippen molar-refractivity contribution < 1.29 is 19.0 Å². The molecule has 0 saturated heterocycles. The number of carbonyl (C=O) groups is 1. The van der Waals surface area contributed by atoms with Crippen LogP contribution in [-0.2, 0) is 6.61 Å². The number of hydrogen-bond donors (Lipinski definition) is 1. The van der Waals surface area contributed by atoms with E-state index in [0.29, 0.717) is 16.9 Å².